The highest BCUT2D eigenvalue weighted by atomic mass is 16.3. The first kappa shape index (κ1) is 11.7. The van der Waals surface area contributed by atoms with E-state index < -0.39 is 5.60 Å². The van der Waals surface area contributed by atoms with Gasteiger partial charge < -0.3 is 16.6 Å². The van der Waals surface area contributed by atoms with Gasteiger partial charge in [0.25, 0.3) is 0 Å². The van der Waals surface area contributed by atoms with E-state index in [1.807, 2.05) is 6.92 Å². The smallest absolute Gasteiger partial charge is 0.195 e. The molecule has 0 fully saturated rings. The zero-order chi connectivity index (χ0) is 10.5. The van der Waals surface area contributed by atoms with E-state index in [2.05, 4.69) is 10.3 Å². The quantitative estimate of drug-likeness (QED) is 0.286. The maximum Gasteiger partial charge on any atom is 0.195 e. The Morgan fingerprint density at radius 2 is 2.15 bits per heavy atom. The Morgan fingerprint density at radius 3 is 2.54 bits per heavy atom. The van der Waals surface area contributed by atoms with Crippen LogP contribution in [0.1, 0.15) is 20.3 Å². The number of nitrogens with two attached hydrogens (primary N) is 2. The maximum atomic E-state index is 9.53. The van der Waals surface area contributed by atoms with Gasteiger partial charge in [-0.15, -0.1) is 0 Å². The van der Waals surface area contributed by atoms with Gasteiger partial charge in [0.15, 0.2) is 11.9 Å². The summed E-state index contributed by atoms with van der Waals surface area (Å²) in [5.74, 6) is -0.224. The fourth-order valence-electron chi connectivity index (χ4n) is 0.545. The van der Waals surface area contributed by atoms with Crippen molar-refractivity contribution in [3.8, 4) is 0 Å². The second-order valence-electron chi connectivity index (χ2n) is 3.09. The summed E-state index contributed by atoms with van der Waals surface area (Å²) in [6, 6.07) is 0. The monoisotopic (exact) mass is 187 g/mol. The van der Waals surface area contributed by atoms with Crippen molar-refractivity contribution in [2.75, 3.05) is 6.54 Å². The molecule has 0 rings (SSSR count). The lowest BCUT2D eigenvalue weighted by atomic mass is 10.1. The van der Waals surface area contributed by atoms with Gasteiger partial charge in [-0.25, -0.2) is 0 Å². The summed E-state index contributed by atoms with van der Waals surface area (Å²) >= 11 is 0. The van der Waals surface area contributed by atoms with Gasteiger partial charge in [-0.1, -0.05) is 6.92 Å². The molecule has 0 amide bonds. The minimum Gasteiger partial charge on any atom is -0.388 e. The number of nitrogens with one attached hydrogen (secondary N) is 2. The number of guanidine groups is 2. The molecule has 0 aromatic heterocycles. The summed E-state index contributed by atoms with van der Waals surface area (Å²) in [5.41, 5.74) is 9.50. The van der Waals surface area contributed by atoms with E-state index in [-0.39, 0.29) is 18.5 Å². The summed E-state index contributed by atoms with van der Waals surface area (Å²) in [6.07, 6.45) is 0.587. The zero-order valence-electron chi connectivity index (χ0n) is 7.96. The molecule has 0 aliphatic carbocycles. The molecule has 13 heavy (non-hydrogen) atoms. The van der Waals surface area contributed by atoms with Gasteiger partial charge in [-0.3, -0.25) is 15.7 Å². The fraction of sp³-hybridized carbons (Fsp3) is 0.714. The zero-order valence-corrected chi connectivity index (χ0v) is 7.96. The number of aliphatic imine (C=N–C) groups is 1. The van der Waals surface area contributed by atoms with Gasteiger partial charge in [-0.05, 0) is 13.3 Å². The van der Waals surface area contributed by atoms with Crippen molar-refractivity contribution >= 4 is 11.9 Å². The van der Waals surface area contributed by atoms with E-state index in [0.717, 1.165) is 0 Å². The molecule has 0 aromatic rings. The van der Waals surface area contributed by atoms with Crippen molar-refractivity contribution in [1.82, 2.24) is 5.32 Å². The van der Waals surface area contributed by atoms with Crippen molar-refractivity contribution in [3.05, 3.63) is 0 Å². The van der Waals surface area contributed by atoms with Crippen molar-refractivity contribution in [2.24, 2.45) is 16.5 Å². The van der Waals surface area contributed by atoms with Gasteiger partial charge in [-0.2, -0.15) is 0 Å². The van der Waals surface area contributed by atoms with Crippen LogP contribution in [-0.2, 0) is 0 Å². The molecule has 76 valence electrons. The predicted octanol–water partition coefficient (Wildman–Crippen LogP) is -1.05. The van der Waals surface area contributed by atoms with Crippen molar-refractivity contribution in [1.29, 1.82) is 5.41 Å². The van der Waals surface area contributed by atoms with Crippen molar-refractivity contribution < 1.29 is 5.11 Å². The summed E-state index contributed by atoms with van der Waals surface area (Å²) in [5, 5.41) is 18.7. The van der Waals surface area contributed by atoms with Gasteiger partial charge in [0.1, 0.15) is 0 Å². The summed E-state index contributed by atoms with van der Waals surface area (Å²) in [6.45, 7) is 3.71. The average Bonchev–Trinajstić information content (AvgIpc) is 2.00. The van der Waals surface area contributed by atoms with Crippen LogP contribution in [0.4, 0.5) is 0 Å². The van der Waals surface area contributed by atoms with Crippen LogP contribution in [-0.4, -0.2) is 29.2 Å². The topological polar surface area (TPSA) is 121 Å². The molecule has 1 unspecified atom stereocenters. The average molecular weight is 187 g/mol. The van der Waals surface area contributed by atoms with E-state index in [0.29, 0.717) is 6.42 Å². The Hall–Kier alpha value is -1.30. The van der Waals surface area contributed by atoms with Crippen LogP contribution in [0.25, 0.3) is 0 Å². The Morgan fingerprint density at radius 1 is 1.62 bits per heavy atom. The van der Waals surface area contributed by atoms with E-state index in [1.165, 1.54) is 0 Å². The molecule has 0 saturated heterocycles. The van der Waals surface area contributed by atoms with Crippen molar-refractivity contribution in [2.45, 2.75) is 25.9 Å². The highest BCUT2D eigenvalue weighted by Gasteiger charge is 2.16. The van der Waals surface area contributed by atoms with Crippen molar-refractivity contribution in [3.63, 3.8) is 0 Å². The van der Waals surface area contributed by atoms with E-state index in [4.69, 9.17) is 16.9 Å². The van der Waals surface area contributed by atoms with Crippen LogP contribution in [0.15, 0.2) is 4.99 Å². The minimum atomic E-state index is -0.858. The normalized spacial score (nSPS) is 16.4. The first-order chi connectivity index (χ1) is 5.87. The molecule has 6 nitrogen and oxygen atoms in total. The highest BCUT2D eigenvalue weighted by molar-refractivity contribution is 5.95. The third-order valence-electron chi connectivity index (χ3n) is 1.61. The van der Waals surface area contributed by atoms with Crippen LogP contribution in [0.3, 0.4) is 0 Å². The number of nitrogens with zero attached hydrogens (tertiary/aromatic N) is 1. The van der Waals surface area contributed by atoms with Crippen LogP contribution in [0, 0.1) is 5.41 Å². The lowest BCUT2D eigenvalue weighted by Crippen LogP contribution is -2.42. The number of rotatable bonds is 3. The van der Waals surface area contributed by atoms with Crippen LogP contribution in [0.2, 0.25) is 0 Å². The van der Waals surface area contributed by atoms with Gasteiger partial charge in [0.2, 0.25) is 0 Å². The minimum absolute atomic E-state index is 0.0428. The SMILES string of the molecule is CCC(C)(O)CN=C(N)NC(=N)N. The molecule has 7 N–H and O–H groups in total. The molecule has 0 aromatic carbocycles. The first-order valence-electron chi connectivity index (χ1n) is 4.01. The van der Waals surface area contributed by atoms with Gasteiger partial charge in [0, 0.05) is 0 Å². The largest absolute Gasteiger partial charge is 0.388 e. The van der Waals surface area contributed by atoms with Gasteiger partial charge in [0.05, 0.1) is 12.1 Å². The number of hydrogen-bond donors (Lipinski definition) is 5. The lowest BCUT2D eigenvalue weighted by molar-refractivity contribution is 0.0657. The first-order valence-corrected chi connectivity index (χ1v) is 4.01. The van der Waals surface area contributed by atoms with Crippen LogP contribution < -0.4 is 16.8 Å². The molecule has 0 bridgehead atoms. The Balaban J connectivity index is 4.03. The third kappa shape index (κ3) is 5.92. The maximum absolute atomic E-state index is 9.53. The molecule has 0 radical (unpaired) electrons. The molecule has 1 atom stereocenters. The number of aliphatic hydroxyl groups is 1. The molecular formula is C7H17N5O. The summed E-state index contributed by atoms with van der Waals surface area (Å²) in [7, 11) is 0. The van der Waals surface area contributed by atoms with E-state index in [9.17, 15) is 5.11 Å². The standard InChI is InChI=1S/C7H17N5O/c1-3-7(2,13)4-11-6(10)12-5(8)9/h13H,3-4H2,1-2H3,(H6,8,9,10,11,12). The molecule has 0 spiro atoms. The van der Waals surface area contributed by atoms with Crippen LogP contribution >= 0.6 is 0 Å². The molecule has 0 saturated carbocycles. The van der Waals surface area contributed by atoms with E-state index >= 15 is 0 Å². The Labute approximate surface area is 77.5 Å². The number of hydrogen-bond acceptors (Lipinski definition) is 3. The Bertz CT molecular complexity index is 211. The Kier molecular flexibility index (Phi) is 4.19. The van der Waals surface area contributed by atoms with Crippen LogP contribution in [0.5, 0.6) is 0 Å². The second kappa shape index (κ2) is 4.66. The fourth-order valence-corrected chi connectivity index (χ4v) is 0.545. The van der Waals surface area contributed by atoms with Gasteiger partial charge >= 0.3 is 0 Å². The molecule has 0 aliphatic rings. The molecule has 6 heteroatoms. The lowest BCUT2D eigenvalue weighted by Gasteiger charge is -2.18. The third-order valence-corrected chi connectivity index (χ3v) is 1.61. The second-order valence-corrected chi connectivity index (χ2v) is 3.09. The molecule has 0 heterocycles. The predicted molar refractivity (Wildman–Crippen MR) is 52.5 cm³/mol. The molecule has 0 aliphatic heterocycles. The van der Waals surface area contributed by atoms with E-state index in [1.54, 1.807) is 6.92 Å². The molecular weight excluding hydrogens is 170 g/mol. The highest BCUT2D eigenvalue weighted by Crippen LogP contribution is 2.07. The summed E-state index contributed by atoms with van der Waals surface area (Å²) < 4.78 is 0. The summed E-state index contributed by atoms with van der Waals surface area (Å²) in [4.78, 5) is 3.82.